The Morgan fingerprint density at radius 1 is 1.35 bits per heavy atom. The van der Waals surface area contributed by atoms with Crippen molar-refractivity contribution in [3.63, 3.8) is 0 Å². The molecule has 2 N–H and O–H groups in total. The SMILES string of the molecule is Cc1cccc(N2CC(C(=O)NCCCc3cn[nH]c3C)CC2=O)c1C. The fourth-order valence-corrected chi connectivity index (χ4v) is 3.41. The van der Waals surface area contributed by atoms with Crippen molar-refractivity contribution < 1.29 is 9.59 Å². The predicted octanol–water partition coefficient (Wildman–Crippen LogP) is 2.44. The zero-order valence-electron chi connectivity index (χ0n) is 15.6. The van der Waals surface area contributed by atoms with Crippen LogP contribution in [0.5, 0.6) is 0 Å². The molecule has 1 aromatic heterocycles. The summed E-state index contributed by atoms with van der Waals surface area (Å²) in [5.74, 6) is -0.291. The van der Waals surface area contributed by atoms with Crippen LogP contribution in [0.3, 0.4) is 0 Å². The van der Waals surface area contributed by atoms with E-state index in [-0.39, 0.29) is 24.2 Å². The summed E-state index contributed by atoms with van der Waals surface area (Å²) in [6, 6.07) is 5.94. The van der Waals surface area contributed by atoms with Crippen LogP contribution in [-0.4, -0.2) is 35.1 Å². The first-order valence-electron chi connectivity index (χ1n) is 9.10. The van der Waals surface area contributed by atoms with E-state index < -0.39 is 0 Å². The summed E-state index contributed by atoms with van der Waals surface area (Å²) in [6.45, 7) is 7.11. The molecule has 1 aliphatic heterocycles. The van der Waals surface area contributed by atoms with Crippen LogP contribution in [0, 0.1) is 26.7 Å². The highest BCUT2D eigenvalue weighted by atomic mass is 16.2. The standard InChI is InChI=1S/C20H26N4O2/c1-13-6-4-8-18(14(13)2)24-12-17(10-19(24)25)20(26)21-9-5-7-16-11-22-23-15(16)3/h4,6,8,11,17H,5,7,9-10,12H2,1-3H3,(H,21,26)(H,22,23). The van der Waals surface area contributed by atoms with Gasteiger partial charge in [0.05, 0.1) is 12.1 Å². The molecule has 1 unspecified atom stereocenters. The first kappa shape index (κ1) is 18.2. The largest absolute Gasteiger partial charge is 0.356 e. The second kappa shape index (κ2) is 7.72. The number of anilines is 1. The van der Waals surface area contributed by atoms with E-state index in [1.807, 2.05) is 45.2 Å². The van der Waals surface area contributed by atoms with Crippen molar-refractivity contribution in [1.29, 1.82) is 0 Å². The van der Waals surface area contributed by atoms with Gasteiger partial charge in [0, 0.05) is 30.9 Å². The second-order valence-electron chi connectivity index (χ2n) is 7.04. The van der Waals surface area contributed by atoms with Gasteiger partial charge in [0.1, 0.15) is 0 Å². The van der Waals surface area contributed by atoms with Crippen LogP contribution in [0.15, 0.2) is 24.4 Å². The van der Waals surface area contributed by atoms with Gasteiger partial charge in [-0.1, -0.05) is 12.1 Å². The fraction of sp³-hybridized carbons (Fsp3) is 0.450. The summed E-state index contributed by atoms with van der Waals surface area (Å²) >= 11 is 0. The number of aromatic amines is 1. The highest BCUT2D eigenvalue weighted by Gasteiger charge is 2.35. The maximum atomic E-state index is 12.4. The lowest BCUT2D eigenvalue weighted by molar-refractivity contribution is -0.126. The van der Waals surface area contributed by atoms with E-state index in [9.17, 15) is 9.59 Å². The molecule has 0 aliphatic carbocycles. The third kappa shape index (κ3) is 3.79. The predicted molar refractivity (Wildman–Crippen MR) is 101 cm³/mol. The molecule has 3 rings (SSSR count). The van der Waals surface area contributed by atoms with Gasteiger partial charge >= 0.3 is 0 Å². The fourth-order valence-electron chi connectivity index (χ4n) is 3.41. The van der Waals surface area contributed by atoms with Crippen LogP contribution >= 0.6 is 0 Å². The van der Waals surface area contributed by atoms with Crippen LogP contribution in [-0.2, 0) is 16.0 Å². The zero-order valence-corrected chi connectivity index (χ0v) is 15.6. The number of aryl methyl sites for hydroxylation is 3. The molecule has 2 amide bonds. The number of nitrogens with one attached hydrogen (secondary N) is 2. The van der Waals surface area contributed by atoms with Gasteiger partial charge in [-0.05, 0) is 56.4 Å². The lowest BCUT2D eigenvalue weighted by Gasteiger charge is -2.20. The average molecular weight is 354 g/mol. The molecule has 1 aromatic carbocycles. The monoisotopic (exact) mass is 354 g/mol. The number of hydrogen-bond donors (Lipinski definition) is 2. The Morgan fingerprint density at radius 2 is 2.15 bits per heavy atom. The number of benzene rings is 1. The molecule has 1 aliphatic rings. The Hall–Kier alpha value is -2.63. The number of aromatic nitrogens is 2. The third-order valence-corrected chi connectivity index (χ3v) is 5.22. The molecule has 0 spiro atoms. The summed E-state index contributed by atoms with van der Waals surface area (Å²) in [4.78, 5) is 26.6. The topological polar surface area (TPSA) is 78.1 Å². The molecular formula is C20H26N4O2. The first-order chi connectivity index (χ1) is 12.5. The summed E-state index contributed by atoms with van der Waals surface area (Å²) in [5, 5.41) is 9.89. The lowest BCUT2D eigenvalue weighted by atomic mass is 10.1. The molecular weight excluding hydrogens is 328 g/mol. The number of rotatable bonds is 6. The summed E-state index contributed by atoms with van der Waals surface area (Å²) in [5.41, 5.74) is 5.41. The van der Waals surface area contributed by atoms with E-state index in [4.69, 9.17) is 0 Å². The Morgan fingerprint density at radius 3 is 2.88 bits per heavy atom. The van der Waals surface area contributed by atoms with E-state index in [1.165, 1.54) is 5.56 Å². The molecule has 1 saturated heterocycles. The number of carbonyl (C=O) groups is 2. The average Bonchev–Trinajstić information content (AvgIpc) is 3.20. The number of H-pyrrole nitrogens is 1. The normalized spacial score (nSPS) is 17.0. The maximum Gasteiger partial charge on any atom is 0.227 e. The van der Waals surface area contributed by atoms with Crippen LogP contribution in [0.1, 0.15) is 35.2 Å². The van der Waals surface area contributed by atoms with E-state index in [2.05, 4.69) is 15.5 Å². The molecule has 1 fully saturated rings. The Labute approximate surface area is 154 Å². The van der Waals surface area contributed by atoms with Gasteiger partial charge in [-0.15, -0.1) is 0 Å². The van der Waals surface area contributed by atoms with Gasteiger partial charge in [-0.2, -0.15) is 5.10 Å². The van der Waals surface area contributed by atoms with E-state index in [0.29, 0.717) is 13.1 Å². The summed E-state index contributed by atoms with van der Waals surface area (Å²) in [6.07, 6.45) is 3.84. The van der Waals surface area contributed by atoms with Crippen molar-refractivity contribution in [3.05, 3.63) is 46.8 Å². The zero-order chi connectivity index (χ0) is 18.7. The van der Waals surface area contributed by atoms with Crippen LogP contribution in [0.2, 0.25) is 0 Å². The molecule has 138 valence electrons. The van der Waals surface area contributed by atoms with Crippen molar-refractivity contribution in [1.82, 2.24) is 15.5 Å². The Bertz CT molecular complexity index is 812. The van der Waals surface area contributed by atoms with Crippen LogP contribution < -0.4 is 10.2 Å². The molecule has 2 aromatic rings. The highest BCUT2D eigenvalue weighted by Crippen LogP contribution is 2.29. The molecule has 6 nitrogen and oxygen atoms in total. The Kier molecular flexibility index (Phi) is 5.40. The van der Waals surface area contributed by atoms with Gasteiger partial charge in [-0.3, -0.25) is 14.7 Å². The number of amides is 2. The molecule has 2 heterocycles. The van der Waals surface area contributed by atoms with Gasteiger partial charge < -0.3 is 10.2 Å². The smallest absolute Gasteiger partial charge is 0.227 e. The minimum Gasteiger partial charge on any atom is -0.356 e. The van der Waals surface area contributed by atoms with Crippen LogP contribution in [0.4, 0.5) is 5.69 Å². The third-order valence-electron chi connectivity index (χ3n) is 5.22. The second-order valence-corrected chi connectivity index (χ2v) is 7.04. The maximum absolute atomic E-state index is 12.4. The minimum atomic E-state index is -0.280. The van der Waals surface area contributed by atoms with Crippen molar-refractivity contribution in [3.8, 4) is 0 Å². The molecule has 0 saturated carbocycles. The van der Waals surface area contributed by atoms with Gasteiger partial charge in [0.15, 0.2) is 0 Å². The molecule has 1 atom stereocenters. The minimum absolute atomic E-state index is 0.0212. The van der Waals surface area contributed by atoms with Crippen molar-refractivity contribution >= 4 is 17.5 Å². The van der Waals surface area contributed by atoms with Crippen molar-refractivity contribution in [2.24, 2.45) is 5.92 Å². The number of carbonyl (C=O) groups excluding carboxylic acids is 2. The van der Waals surface area contributed by atoms with Crippen LogP contribution in [0.25, 0.3) is 0 Å². The van der Waals surface area contributed by atoms with E-state index in [1.54, 1.807) is 4.90 Å². The van der Waals surface area contributed by atoms with Gasteiger partial charge in [-0.25, -0.2) is 0 Å². The highest BCUT2D eigenvalue weighted by molar-refractivity contribution is 6.00. The van der Waals surface area contributed by atoms with Gasteiger partial charge in [0.25, 0.3) is 0 Å². The van der Waals surface area contributed by atoms with E-state index in [0.717, 1.165) is 35.3 Å². The van der Waals surface area contributed by atoms with Crippen molar-refractivity contribution in [2.45, 2.75) is 40.0 Å². The van der Waals surface area contributed by atoms with E-state index >= 15 is 0 Å². The number of nitrogens with zero attached hydrogens (tertiary/aromatic N) is 2. The first-order valence-corrected chi connectivity index (χ1v) is 9.10. The lowest BCUT2D eigenvalue weighted by Crippen LogP contribution is -2.33. The molecule has 0 bridgehead atoms. The summed E-state index contributed by atoms with van der Waals surface area (Å²) in [7, 11) is 0. The number of hydrogen-bond acceptors (Lipinski definition) is 3. The van der Waals surface area contributed by atoms with Crippen molar-refractivity contribution in [2.75, 3.05) is 18.0 Å². The molecule has 26 heavy (non-hydrogen) atoms. The van der Waals surface area contributed by atoms with Gasteiger partial charge in [0.2, 0.25) is 11.8 Å². The molecule has 0 radical (unpaired) electrons. The summed E-state index contributed by atoms with van der Waals surface area (Å²) < 4.78 is 0. The quantitative estimate of drug-likeness (QED) is 0.782. The Balaban J connectivity index is 1.52. The molecule has 6 heteroatoms.